The summed E-state index contributed by atoms with van der Waals surface area (Å²) >= 11 is 0. The molecule has 5 heteroatoms. The Bertz CT molecular complexity index is 298. The van der Waals surface area contributed by atoms with E-state index >= 15 is 0 Å². The molecule has 0 aromatic heterocycles. The van der Waals surface area contributed by atoms with Gasteiger partial charge < -0.3 is 10.6 Å². The molecule has 2 amide bonds. The fourth-order valence-corrected chi connectivity index (χ4v) is 0.958. The van der Waals surface area contributed by atoms with Gasteiger partial charge in [-0.3, -0.25) is 14.4 Å². The molecule has 0 unspecified atom stereocenters. The number of hydrogen-bond acceptors (Lipinski definition) is 3. The van der Waals surface area contributed by atoms with Crippen molar-refractivity contribution in [2.24, 2.45) is 0 Å². The second-order valence-electron chi connectivity index (χ2n) is 3.62. The highest BCUT2D eigenvalue weighted by Crippen LogP contribution is 1.86. The minimum atomic E-state index is -0.279. The monoisotopic (exact) mass is 226 g/mol. The van der Waals surface area contributed by atoms with E-state index in [0.717, 1.165) is 0 Å². The molecule has 0 radical (unpaired) electrons. The van der Waals surface area contributed by atoms with Gasteiger partial charge in [-0.2, -0.15) is 0 Å². The summed E-state index contributed by atoms with van der Waals surface area (Å²) in [6.45, 7) is 7.42. The fraction of sp³-hybridized carbons (Fsp3) is 0.545. The van der Waals surface area contributed by atoms with Crippen molar-refractivity contribution in [1.29, 1.82) is 0 Å². The van der Waals surface area contributed by atoms with Crippen LogP contribution in [0, 0.1) is 0 Å². The molecule has 0 saturated carbocycles. The Morgan fingerprint density at radius 2 is 1.62 bits per heavy atom. The quantitative estimate of drug-likeness (QED) is 0.369. The second kappa shape index (κ2) is 7.62. The lowest BCUT2D eigenvalue weighted by Crippen LogP contribution is -2.30. The van der Waals surface area contributed by atoms with E-state index in [9.17, 15) is 14.4 Å². The van der Waals surface area contributed by atoms with Crippen LogP contribution < -0.4 is 10.6 Å². The number of hydrogen-bond donors (Lipinski definition) is 2. The first-order chi connectivity index (χ1) is 7.43. The molecule has 16 heavy (non-hydrogen) atoms. The minimum Gasteiger partial charge on any atom is -0.356 e. The van der Waals surface area contributed by atoms with E-state index < -0.39 is 0 Å². The molecule has 0 heterocycles. The summed E-state index contributed by atoms with van der Waals surface area (Å²) in [4.78, 5) is 32.6. The van der Waals surface area contributed by atoms with Gasteiger partial charge in [0.05, 0.1) is 6.42 Å². The first-order valence-corrected chi connectivity index (χ1v) is 5.13. The third-order valence-corrected chi connectivity index (χ3v) is 1.76. The topological polar surface area (TPSA) is 75.3 Å². The van der Waals surface area contributed by atoms with E-state index in [1.807, 2.05) is 0 Å². The number of nitrogens with one attached hydrogen (secondary N) is 2. The molecule has 90 valence electrons. The van der Waals surface area contributed by atoms with E-state index in [4.69, 9.17) is 0 Å². The molecular weight excluding hydrogens is 208 g/mol. The third kappa shape index (κ3) is 7.73. The van der Waals surface area contributed by atoms with Gasteiger partial charge >= 0.3 is 0 Å². The smallest absolute Gasteiger partial charge is 0.246 e. The molecule has 0 aromatic carbocycles. The molecule has 0 aliphatic rings. The third-order valence-electron chi connectivity index (χ3n) is 1.76. The van der Waals surface area contributed by atoms with Crippen LogP contribution in [0.4, 0.5) is 0 Å². The predicted molar refractivity (Wildman–Crippen MR) is 60.7 cm³/mol. The number of carbonyl (C=O) groups excluding carboxylic acids is 3. The Balaban J connectivity index is 3.47. The highest BCUT2D eigenvalue weighted by Gasteiger charge is 2.04. The van der Waals surface area contributed by atoms with Crippen molar-refractivity contribution >= 4 is 17.6 Å². The van der Waals surface area contributed by atoms with E-state index in [0.29, 0.717) is 25.1 Å². The summed E-state index contributed by atoms with van der Waals surface area (Å²) in [7, 11) is 0. The van der Waals surface area contributed by atoms with Crippen LogP contribution in [-0.2, 0) is 14.4 Å². The summed E-state index contributed by atoms with van der Waals surface area (Å²) in [6, 6.07) is 0. The largest absolute Gasteiger partial charge is 0.356 e. The van der Waals surface area contributed by atoms with Crippen molar-refractivity contribution in [3.8, 4) is 0 Å². The van der Waals surface area contributed by atoms with Gasteiger partial charge in [-0.15, -0.1) is 0 Å². The van der Waals surface area contributed by atoms with Crippen LogP contribution in [0.5, 0.6) is 0 Å². The van der Waals surface area contributed by atoms with E-state index in [1.165, 1.54) is 6.92 Å². The first-order valence-electron chi connectivity index (χ1n) is 5.13. The predicted octanol–water partition coefficient (Wildman–Crippen LogP) is 0.164. The average molecular weight is 226 g/mol. The molecule has 2 N–H and O–H groups in total. The van der Waals surface area contributed by atoms with Crippen LogP contribution in [0.15, 0.2) is 12.2 Å². The van der Waals surface area contributed by atoms with E-state index in [1.54, 1.807) is 6.92 Å². The van der Waals surface area contributed by atoms with Gasteiger partial charge in [-0.1, -0.05) is 6.58 Å². The SMILES string of the molecule is C=C(C)C(=O)NCCCNC(=O)CC(C)=O. The molecule has 0 aliphatic carbocycles. The van der Waals surface area contributed by atoms with Crippen molar-refractivity contribution in [3.05, 3.63) is 12.2 Å². The van der Waals surface area contributed by atoms with E-state index in [-0.39, 0.29) is 24.0 Å². The molecule has 5 nitrogen and oxygen atoms in total. The van der Waals surface area contributed by atoms with Crippen LogP contribution in [0.25, 0.3) is 0 Å². The lowest BCUT2D eigenvalue weighted by molar-refractivity contribution is -0.127. The van der Waals surface area contributed by atoms with E-state index in [2.05, 4.69) is 17.2 Å². The molecule has 0 fully saturated rings. The van der Waals surface area contributed by atoms with Crippen LogP contribution in [0.2, 0.25) is 0 Å². The maximum absolute atomic E-state index is 11.0. The molecule has 0 saturated heterocycles. The number of Topliss-reactive ketones (excluding diaryl/α,β-unsaturated/α-hetero) is 1. The van der Waals surface area contributed by atoms with Crippen LogP contribution >= 0.6 is 0 Å². The maximum atomic E-state index is 11.0. The fourth-order valence-electron chi connectivity index (χ4n) is 0.958. The average Bonchev–Trinajstić information content (AvgIpc) is 2.15. The molecule has 0 rings (SSSR count). The Morgan fingerprint density at radius 1 is 1.06 bits per heavy atom. The van der Waals surface area contributed by atoms with Crippen LogP contribution in [-0.4, -0.2) is 30.7 Å². The molecule has 0 aliphatic heterocycles. The van der Waals surface area contributed by atoms with Crippen LogP contribution in [0.1, 0.15) is 26.7 Å². The first kappa shape index (κ1) is 14.3. The number of rotatable bonds is 7. The minimum absolute atomic E-state index is 0.0852. The summed E-state index contributed by atoms with van der Waals surface area (Å²) in [5.41, 5.74) is 0.459. The zero-order chi connectivity index (χ0) is 12.6. The summed E-state index contributed by atoms with van der Waals surface area (Å²) < 4.78 is 0. The van der Waals surface area contributed by atoms with Crippen molar-refractivity contribution in [1.82, 2.24) is 10.6 Å². The van der Waals surface area contributed by atoms with Crippen molar-refractivity contribution in [3.63, 3.8) is 0 Å². The molecular formula is C11H18N2O3. The lowest BCUT2D eigenvalue weighted by atomic mass is 10.3. The summed E-state index contributed by atoms with van der Waals surface area (Å²) in [5, 5.41) is 5.22. The Hall–Kier alpha value is -1.65. The number of carbonyl (C=O) groups is 3. The van der Waals surface area contributed by atoms with Crippen molar-refractivity contribution < 1.29 is 14.4 Å². The Morgan fingerprint density at radius 3 is 2.12 bits per heavy atom. The van der Waals surface area contributed by atoms with Gasteiger partial charge in [0.25, 0.3) is 0 Å². The van der Waals surface area contributed by atoms with Crippen LogP contribution in [0.3, 0.4) is 0 Å². The molecule has 0 bridgehead atoms. The molecule has 0 aromatic rings. The van der Waals surface area contributed by atoms with Crippen molar-refractivity contribution in [2.75, 3.05) is 13.1 Å². The van der Waals surface area contributed by atoms with Gasteiger partial charge in [0.1, 0.15) is 5.78 Å². The Kier molecular flexibility index (Phi) is 6.83. The van der Waals surface area contributed by atoms with Gasteiger partial charge in [-0.25, -0.2) is 0 Å². The van der Waals surface area contributed by atoms with Gasteiger partial charge in [-0.05, 0) is 20.3 Å². The summed E-state index contributed by atoms with van der Waals surface area (Å²) in [6.07, 6.45) is 0.542. The second-order valence-corrected chi connectivity index (χ2v) is 3.62. The number of ketones is 1. The molecule has 0 spiro atoms. The van der Waals surface area contributed by atoms with Gasteiger partial charge in [0.15, 0.2) is 0 Å². The zero-order valence-electron chi connectivity index (χ0n) is 9.76. The summed E-state index contributed by atoms with van der Waals surface area (Å²) in [5.74, 6) is -0.623. The highest BCUT2D eigenvalue weighted by molar-refractivity contribution is 5.96. The standard InChI is InChI=1S/C11H18N2O3/c1-8(2)11(16)13-6-4-5-12-10(15)7-9(3)14/h1,4-7H2,2-3H3,(H,12,15)(H,13,16). The Labute approximate surface area is 95.3 Å². The van der Waals surface area contributed by atoms with Gasteiger partial charge in [0.2, 0.25) is 11.8 Å². The normalized spacial score (nSPS) is 9.38. The maximum Gasteiger partial charge on any atom is 0.246 e. The number of amides is 2. The van der Waals surface area contributed by atoms with Crippen molar-refractivity contribution in [2.45, 2.75) is 26.7 Å². The lowest BCUT2D eigenvalue weighted by Gasteiger charge is -2.05. The van der Waals surface area contributed by atoms with Gasteiger partial charge in [0, 0.05) is 18.7 Å². The zero-order valence-corrected chi connectivity index (χ0v) is 9.76. The molecule has 0 atom stereocenters. The highest BCUT2D eigenvalue weighted by atomic mass is 16.2.